The number of hydrogen-bond acceptors (Lipinski definition) is 3. The van der Waals surface area contributed by atoms with Crippen LogP contribution in [0.15, 0.2) is 24.3 Å². The Hall–Kier alpha value is -1.95. The first kappa shape index (κ1) is 14.5. The summed E-state index contributed by atoms with van der Waals surface area (Å²) in [6.45, 7) is 0.240. The summed E-state index contributed by atoms with van der Waals surface area (Å²) in [6, 6.07) is 5.36. The average molecular weight is 279 g/mol. The van der Waals surface area contributed by atoms with Crippen LogP contribution in [0.4, 0.5) is 4.39 Å². The number of carbonyl (C=O) groups excluding carboxylic acids is 2. The molecule has 2 atom stereocenters. The number of halogens is 1. The first-order chi connectivity index (χ1) is 9.56. The first-order valence-corrected chi connectivity index (χ1v) is 6.65. The van der Waals surface area contributed by atoms with Gasteiger partial charge in [-0.25, -0.2) is 4.39 Å². The lowest BCUT2D eigenvalue weighted by Crippen LogP contribution is -2.54. The first-order valence-electron chi connectivity index (χ1n) is 6.65. The van der Waals surface area contributed by atoms with Gasteiger partial charge in [0.05, 0.1) is 0 Å². The van der Waals surface area contributed by atoms with E-state index < -0.39 is 5.82 Å². The predicted octanol–water partition coefficient (Wildman–Crippen LogP) is 0.551. The van der Waals surface area contributed by atoms with Gasteiger partial charge >= 0.3 is 0 Å². The van der Waals surface area contributed by atoms with Crippen molar-refractivity contribution in [2.75, 3.05) is 6.54 Å². The number of nitrogens with one attached hydrogen (secondary N) is 2. The highest BCUT2D eigenvalue weighted by Gasteiger charge is 2.28. The minimum atomic E-state index is -0.391. The second kappa shape index (κ2) is 6.47. The van der Waals surface area contributed by atoms with Gasteiger partial charge in [-0.1, -0.05) is 0 Å². The SMILES string of the molecule is N[C@@H]1CC[C@@H]1NC(=O)CCNC(=O)c1ccc(F)cc1. The Kier molecular flexibility index (Phi) is 4.68. The maximum atomic E-state index is 12.7. The van der Waals surface area contributed by atoms with E-state index >= 15 is 0 Å². The second-order valence-corrected chi connectivity index (χ2v) is 4.93. The molecule has 0 heterocycles. The smallest absolute Gasteiger partial charge is 0.251 e. The van der Waals surface area contributed by atoms with Crippen molar-refractivity contribution in [1.29, 1.82) is 0 Å². The van der Waals surface area contributed by atoms with E-state index in [0.717, 1.165) is 12.8 Å². The summed E-state index contributed by atoms with van der Waals surface area (Å²) < 4.78 is 12.7. The zero-order valence-corrected chi connectivity index (χ0v) is 11.1. The molecule has 0 spiro atoms. The second-order valence-electron chi connectivity index (χ2n) is 4.93. The molecule has 108 valence electrons. The van der Waals surface area contributed by atoms with Gasteiger partial charge in [-0.2, -0.15) is 0 Å². The molecule has 0 saturated heterocycles. The largest absolute Gasteiger partial charge is 0.352 e. The molecule has 20 heavy (non-hydrogen) atoms. The summed E-state index contributed by atoms with van der Waals surface area (Å²) in [4.78, 5) is 23.3. The van der Waals surface area contributed by atoms with Crippen LogP contribution in [-0.4, -0.2) is 30.4 Å². The summed E-state index contributed by atoms with van der Waals surface area (Å²) in [7, 11) is 0. The lowest BCUT2D eigenvalue weighted by atomic mass is 9.87. The van der Waals surface area contributed by atoms with Gasteiger partial charge in [0, 0.05) is 30.6 Å². The maximum Gasteiger partial charge on any atom is 0.251 e. The average Bonchev–Trinajstić information content (AvgIpc) is 2.44. The summed E-state index contributed by atoms with van der Waals surface area (Å²) >= 11 is 0. The minimum absolute atomic E-state index is 0.0488. The Balaban J connectivity index is 1.68. The van der Waals surface area contributed by atoms with Gasteiger partial charge in [-0.15, -0.1) is 0 Å². The highest BCUT2D eigenvalue weighted by atomic mass is 19.1. The van der Waals surface area contributed by atoms with E-state index in [1.165, 1.54) is 24.3 Å². The molecule has 0 aliphatic heterocycles. The third kappa shape index (κ3) is 3.77. The summed E-state index contributed by atoms with van der Waals surface area (Å²) in [5, 5.41) is 5.44. The zero-order valence-electron chi connectivity index (χ0n) is 11.1. The zero-order chi connectivity index (χ0) is 14.5. The van der Waals surface area contributed by atoms with Crippen LogP contribution in [0.5, 0.6) is 0 Å². The molecule has 1 aromatic carbocycles. The molecule has 4 N–H and O–H groups in total. The molecule has 2 amide bonds. The molecule has 1 saturated carbocycles. The monoisotopic (exact) mass is 279 g/mol. The molecule has 1 aliphatic carbocycles. The topological polar surface area (TPSA) is 84.2 Å². The Morgan fingerprint density at radius 2 is 1.95 bits per heavy atom. The van der Waals surface area contributed by atoms with Gasteiger partial charge in [-0.3, -0.25) is 9.59 Å². The van der Waals surface area contributed by atoms with E-state index in [0.29, 0.717) is 5.56 Å². The minimum Gasteiger partial charge on any atom is -0.352 e. The van der Waals surface area contributed by atoms with Crippen molar-refractivity contribution in [2.24, 2.45) is 5.73 Å². The molecule has 0 unspecified atom stereocenters. The van der Waals surface area contributed by atoms with Gasteiger partial charge in [0.2, 0.25) is 5.91 Å². The van der Waals surface area contributed by atoms with Crippen molar-refractivity contribution in [3.8, 4) is 0 Å². The van der Waals surface area contributed by atoms with Crippen molar-refractivity contribution in [3.05, 3.63) is 35.6 Å². The summed E-state index contributed by atoms with van der Waals surface area (Å²) in [5.74, 6) is -0.833. The lowest BCUT2D eigenvalue weighted by molar-refractivity contribution is -0.122. The molecule has 1 aliphatic rings. The van der Waals surface area contributed by atoms with Crippen molar-refractivity contribution in [2.45, 2.75) is 31.3 Å². The van der Waals surface area contributed by atoms with Crippen LogP contribution in [0, 0.1) is 5.82 Å². The highest BCUT2D eigenvalue weighted by molar-refractivity contribution is 5.94. The van der Waals surface area contributed by atoms with E-state index in [2.05, 4.69) is 10.6 Å². The molecule has 6 heteroatoms. The molecule has 1 aromatic rings. The molecule has 5 nitrogen and oxygen atoms in total. The van der Waals surface area contributed by atoms with Gasteiger partial charge in [-0.05, 0) is 37.1 Å². The van der Waals surface area contributed by atoms with E-state index in [-0.39, 0.29) is 36.9 Å². The van der Waals surface area contributed by atoms with Crippen molar-refractivity contribution in [1.82, 2.24) is 10.6 Å². The number of amides is 2. The third-order valence-corrected chi connectivity index (χ3v) is 3.42. The Labute approximate surface area is 116 Å². The van der Waals surface area contributed by atoms with Gasteiger partial charge in [0.1, 0.15) is 5.82 Å². The summed E-state index contributed by atoms with van der Waals surface area (Å²) in [5.41, 5.74) is 6.09. The standard InChI is InChI=1S/C14H18FN3O2/c15-10-3-1-9(2-4-10)14(20)17-8-7-13(19)18-12-6-5-11(12)16/h1-4,11-12H,5-8,16H2,(H,17,20)(H,18,19)/t11-,12+/m1/s1. The normalized spacial score (nSPS) is 20.9. The quantitative estimate of drug-likeness (QED) is 0.736. The van der Waals surface area contributed by atoms with Crippen molar-refractivity contribution < 1.29 is 14.0 Å². The van der Waals surface area contributed by atoms with E-state index in [1.54, 1.807) is 0 Å². The van der Waals surface area contributed by atoms with Crippen molar-refractivity contribution >= 4 is 11.8 Å². The van der Waals surface area contributed by atoms with Crippen LogP contribution in [0.2, 0.25) is 0 Å². The maximum absolute atomic E-state index is 12.7. The van der Waals surface area contributed by atoms with E-state index in [9.17, 15) is 14.0 Å². The van der Waals surface area contributed by atoms with Crippen LogP contribution < -0.4 is 16.4 Å². The molecular formula is C14H18FN3O2. The number of nitrogens with two attached hydrogens (primary N) is 1. The molecule has 2 rings (SSSR count). The Morgan fingerprint density at radius 3 is 2.50 bits per heavy atom. The predicted molar refractivity (Wildman–Crippen MR) is 72.5 cm³/mol. The van der Waals surface area contributed by atoms with Crippen LogP contribution in [0.1, 0.15) is 29.6 Å². The molecule has 0 radical (unpaired) electrons. The fourth-order valence-electron chi connectivity index (χ4n) is 1.98. The number of benzene rings is 1. The molecule has 1 fully saturated rings. The van der Waals surface area contributed by atoms with Gasteiger partial charge in [0.25, 0.3) is 5.91 Å². The summed E-state index contributed by atoms with van der Waals surface area (Å²) in [6.07, 6.45) is 2.05. The van der Waals surface area contributed by atoms with Crippen LogP contribution >= 0.6 is 0 Å². The molecular weight excluding hydrogens is 261 g/mol. The van der Waals surface area contributed by atoms with Crippen LogP contribution in [0.25, 0.3) is 0 Å². The van der Waals surface area contributed by atoms with E-state index in [1.807, 2.05) is 0 Å². The fourth-order valence-corrected chi connectivity index (χ4v) is 1.98. The lowest BCUT2D eigenvalue weighted by Gasteiger charge is -2.34. The number of rotatable bonds is 5. The van der Waals surface area contributed by atoms with Crippen molar-refractivity contribution in [3.63, 3.8) is 0 Å². The van der Waals surface area contributed by atoms with Gasteiger partial charge in [0.15, 0.2) is 0 Å². The van der Waals surface area contributed by atoms with Crippen LogP contribution in [-0.2, 0) is 4.79 Å². The number of carbonyl (C=O) groups is 2. The van der Waals surface area contributed by atoms with Gasteiger partial charge < -0.3 is 16.4 Å². The van der Waals surface area contributed by atoms with E-state index in [4.69, 9.17) is 5.73 Å². The Morgan fingerprint density at radius 1 is 1.25 bits per heavy atom. The Bertz CT molecular complexity index is 490. The fraction of sp³-hybridized carbons (Fsp3) is 0.429. The molecule has 0 bridgehead atoms. The third-order valence-electron chi connectivity index (χ3n) is 3.42. The highest BCUT2D eigenvalue weighted by Crippen LogP contribution is 2.17. The molecule has 0 aromatic heterocycles. The number of hydrogen-bond donors (Lipinski definition) is 3. The van der Waals surface area contributed by atoms with Crippen LogP contribution in [0.3, 0.4) is 0 Å².